The normalized spacial score (nSPS) is 10.2. The van der Waals surface area contributed by atoms with Crippen LogP contribution in [0.3, 0.4) is 0 Å². The van der Waals surface area contributed by atoms with Crippen molar-refractivity contribution in [2.75, 3.05) is 0 Å². The highest BCUT2D eigenvalue weighted by Gasteiger charge is 2.18. The number of amides is 1. The summed E-state index contributed by atoms with van der Waals surface area (Å²) < 4.78 is 2.61. The van der Waals surface area contributed by atoms with E-state index in [1.807, 2.05) is 36.4 Å². The Morgan fingerprint density at radius 2 is 2.04 bits per heavy atom. The molecule has 3 rings (SSSR count). The molecule has 0 fully saturated rings. The molecule has 0 bridgehead atoms. The van der Waals surface area contributed by atoms with Gasteiger partial charge in [0.25, 0.3) is 5.91 Å². The molecule has 3 aromatic rings. The molecule has 118 valence electrons. The zero-order chi connectivity index (χ0) is 16.9. The number of carbonyl (C=O) groups excluding carboxylic acids is 1. The molecule has 6 heteroatoms. The molecule has 0 radical (unpaired) electrons. The molecule has 1 aromatic carbocycles. The van der Waals surface area contributed by atoms with Crippen LogP contribution in [-0.2, 0) is 6.54 Å². The third-order valence-electron chi connectivity index (χ3n) is 3.51. The lowest BCUT2D eigenvalue weighted by Crippen LogP contribution is -2.26. The Balaban J connectivity index is 1.90. The predicted octanol–water partition coefficient (Wildman–Crippen LogP) is 3.44. The number of nitriles is 1. The van der Waals surface area contributed by atoms with Gasteiger partial charge in [0.2, 0.25) is 0 Å². The first-order valence-corrected chi connectivity index (χ1v) is 8.03. The highest BCUT2D eigenvalue weighted by molar-refractivity contribution is 9.10. The number of carbonyl (C=O) groups is 1. The highest BCUT2D eigenvalue weighted by atomic mass is 79.9. The van der Waals surface area contributed by atoms with Gasteiger partial charge in [-0.2, -0.15) is 5.26 Å². The standard InChI is InChI=1S/C18H13BrN4O/c19-15-2-1-3-16(10-15)23-9-6-14(11-20)17(23)18(24)22-12-13-4-7-21-8-5-13/h1-10H,12H2,(H,22,24). The molecule has 0 aliphatic carbocycles. The van der Waals surface area contributed by atoms with Crippen LogP contribution >= 0.6 is 15.9 Å². The minimum atomic E-state index is -0.298. The highest BCUT2D eigenvalue weighted by Crippen LogP contribution is 2.20. The van der Waals surface area contributed by atoms with Crippen LogP contribution in [0.1, 0.15) is 21.6 Å². The molecule has 2 aromatic heterocycles. The van der Waals surface area contributed by atoms with Crippen LogP contribution in [0.25, 0.3) is 5.69 Å². The molecule has 5 nitrogen and oxygen atoms in total. The molecule has 0 atom stereocenters. The van der Waals surface area contributed by atoms with Crippen molar-refractivity contribution in [2.45, 2.75) is 6.54 Å². The minimum Gasteiger partial charge on any atom is -0.347 e. The monoisotopic (exact) mass is 380 g/mol. The van der Waals surface area contributed by atoms with E-state index in [9.17, 15) is 10.1 Å². The fourth-order valence-corrected chi connectivity index (χ4v) is 2.75. The van der Waals surface area contributed by atoms with Crippen molar-refractivity contribution >= 4 is 21.8 Å². The molecule has 0 spiro atoms. The molecule has 0 aliphatic heterocycles. The van der Waals surface area contributed by atoms with Gasteiger partial charge in [0.05, 0.1) is 5.56 Å². The van der Waals surface area contributed by atoms with E-state index in [-0.39, 0.29) is 5.91 Å². The van der Waals surface area contributed by atoms with Gasteiger partial charge in [-0.25, -0.2) is 0 Å². The molecule has 0 saturated heterocycles. The lowest BCUT2D eigenvalue weighted by molar-refractivity contribution is 0.0944. The summed E-state index contributed by atoms with van der Waals surface area (Å²) in [6.45, 7) is 0.371. The smallest absolute Gasteiger partial charge is 0.269 e. The average molecular weight is 381 g/mol. The van der Waals surface area contributed by atoms with E-state index in [0.29, 0.717) is 17.8 Å². The Hall–Kier alpha value is -2.91. The van der Waals surface area contributed by atoms with Crippen molar-refractivity contribution in [3.8, 4) is 11.8 Å². The van der Waals surface area contributed by atoms with E-state index in [4.69, 9.17) is 0 Å². The third-order valence-corrected chi connectivity index (χ3v) is 4.00. The second-order valence-electron chi connectivity index (χ2n) is 5.08. The topological polar surface area (TPSA) is 70.7 Å². The lowest BCUT2D eigenvalue weighted by Gasteiger charge is -2.11. The first-order chi connectivity index (χ1) is 11.7. The van der Waals surface area contributed by atoms with Crippen LogP contribution in [0.2, 0.25) is 0 Å². The number of aromatic nitrogens is 2. The summed E-state index contributed by atoms with van der Waals surface area (Å²) >= 11 is 3.42. The van der Waals surface area contributed by atoms with E-state index in [1.165, 1.54) is 0 Å². The van der Waals surface area contributed by atoms with Gasteiger partial charge >= 0.3 is 0 Å². The molecule has 0 saturated carbocycles. The Morgan fingerprint density at radius 1 is 1.25 bits per heavy atom. The lowest BCUT2D eigenvalue weighted by atomic mass is 10.2. The fraction of sp³-hybridized carbons (Fsp3) is 0.0556. The summed E-state index contributed by atoms with van der Waals surface area (Å²) in [6, 6.07) is 14.9. The molecule has 1 N–H and O–H groups in total. The van der Waals surface area contributed by atoms with Gasteiger partial charge in [-0.15, -0.1) is 0 Å². The molecule has 0 unspecified atom stereocenters. The van der Waals surface area contributed by atoms with Crippen LogP contribution < -0.4 is 5.32 Å². The van der Waals surface area contributed by atoms with Gasteiger partial charge in [0, 0.05) is 35.3 Å². The van der Waals surface area contributed by atoms with Crippen molar-refractivity contribution in [2.24, 2.45) is 0 Å². The second-order valence-corrected chi connectivity index (χ2v) is 5.99. The summed E-state index contributed by atoms with van der Waals surface area (Å²) in [7, 11) is 0. The van der Waals surface area contributed by atoms with Crippen molar-refractivity contribution in [1.82, 2.24) is 14.9 Å². The van der Waals surface area contributed by atoms with E-state index >= 15 is 0 Å². The molecule has 2 heterocycles. The molecule has 24 heavy (non-hydrogen) atoms. The number of pyridine rings is 1. The first kappa shape index (κ1) is 16.0. The van der Waals surface area contributed by atoms with Crippen molar-refractivity contribution < 1.29 is 4.79 Å². The van der Waals surface area contributed by atoms with Crippen LogP contribution in [-0.4, -0.2) is 15.5 Å². The quantitative estimate of drug-likeness (QED) is 0.753. The zero-order valence-corrected chi connectivity index (χ0v) is 14.2. The van der Waals surface area contributed by atoms with Gasteiger partial charge in [-0.3, -0.25) is 9.78 Å². The maximum absolute atomic E-state index is 12.6. The van der Waals surface area contributed by atoms with Gasteiger partial charge in [0.1, 0.15) is 11.8 Å². The minimum absolute atomic E-state index is 0.298. The van der Waals surface area contributed by atoms with Crippen molar-refractivity contribution in [3.05, 3.63) is 82.3 Å². The maximum atomic E-state index is 12.6. The van der Waals surface area contributed by atoms with E-state index < -0.39 is 0 Å². The zero-order valence-electron chi connectivity index (χ0n) is 12.6. The Kier molecular flexibility index (Phi) is 4.73. The molecule has 0 aliphatic rings. The van der Waals surface area contributed by atoms with Gasteiger partial charge in [-0.1, -0.05) is 22.0 Å². The number of benzene rings is 1. The van der Waals surface area contributed by atoms with Crippen LogP contribution in [0.15, 0.2) is 65.5 Å². The third kappa shape index (κ3) is 3.36. The second kappa shape index (κ2) is 7.11. The SMILES string of the molecule is N#Cc1ccn(-c2cccc(Br)c2)c1C(=O)NCc1ccncc1. The van der Waals surface area contributed by atoms with Crippen LogP contribution in [0.5, 0.6) is 0 Å². The summed E-state index contributed by atoms with van der Waals surface area (Å²) in [5.41, 5.74) is 2.41. The first-order valence-electron chi connectivity index (χ1n) is 7.23. The largest absolute Gasteiger partial charge is 0.347 e. The number of rotatable bonds is 4. The number of nitrogens with one attached hydrogen (secondary N) is 1. The summed E-state index contributed by atoms with van der Waals surface area (Å²) in [6.07, 6.45) is 5.07. The van der Waals surface area contributed by atoms with Crippen LogP contribution in [0, 0.1) is 11.3 Å². The van der Waals surface area contributed by atoms with Gasteiger partial charge < -0.3 is 9.88 Å². The average Bonchev–Trinajstić information content (AvgIpc) is 3.05. The van der Waals surface area contributed by atoms with Gasteiger partial charge in [-0.05, 0) is 42.0 Å². The van der Waals surface area contributed by atoms with Gasteiger partial charge in [0.15, 0.2) is 0 Å². The van der Waals surface area contributed by atoms with Crippen molar-refractivity contribution in [3.63, 3.8) is 0 Å². The van der Waals surface area contributed by atoms with E-state index in [2.05, 4.69) is 32.3 Å². The number of hydrogen-bond donors (Lipinski definition) is 1. The number of halogens is 1. The molecular weight excluding hydrogens is 368 g/mol. The predicted molar refractivity (Wildman–Crippen MR) is 93.6 cm³/mol. The van der Waals surface area contributed by atoms with E-state index in [1.54, 1.807) is 29.2 Å². The number of hydrogen-bond acceptors (Lipinski definition) is 3. The van der Waals surface area contributed by atoms with E-state index in [0.717, 1.165) is 15.7 Å². The summed E-state index contributed by atoms with van der Waals surface area (Å²) in [5, 5.41) is 12.2. The summed E-state index contributed by atoms with van der Waals surface area (Å²) in [4.78, 5) is 16.6. The van der Waals surface area contributed by atoms with Crippen molar-refractivity contribution in [1.29, 1.82) is 5.26 Å². The Morgan fingerprint density at radius 3 is 2.75 bits per heavy atom. The molecular formula is C18H13BrN4O. The van der Waals surface area contributed by atoms with Crippen LogP contribution in [0.4, 0.5) is 0 Å². The molecule has 1 amide bonds. The maximum Gasteiger partial charge on any atom is 0.269 e. The Bertz CT molecular complexity index is 912. The summed E-state index contributed by atoms with van der Waals surface area (Å²) in [5.74, 6) is -0.298. The Labute approximate surface area is 147 Å². The number of nitrogens with zero attached hydrogens (tertiary/aromatic N) is 3. The fourth-order valence-electron chi connectivity index (χ4n) is 2.36.